The zero-order chi connectivity index (χ0) is 29.8. The molecular formula is C31H26FN5O4S. The number of sulfonamides is 1. The van der Waals surface area contributed by atoms with E-state index in [0.29, 0.717) is 61.7 Å². The van der Waals surface area contributed by atoms with Gasteiger partial charge in [0.05, 0.1) is 35.1 Å². The predicted octanol–water partition coefficient (Wildman–Crippen LogP) is 5.68. The van der Waals surface area contributed by atoms with Crippen LogP contribution in [0.3, 0.4) is 0 Å². The summed E-state index contributed by atoms with van der Waals surface area (Å²) in [5, 5.41) is 8.00. The summed E-state index contributed by atoms with van der Waals surface area (Å²) in [6.07, 6.45) is 2.75. The smallest absolute Gasteiger partial charge is 0.255 e. The van der Waals surface area contributed by atoms with Gasteiger partial charge in [-0.25, -0.2) is 22.3 Å². The second-order valence-electron chi connectivity index (χ2n) is 9.99. The molecule has 3 aromatic heterocycles. The topological polar surface area (TPSA) is 110 Å². The van der Waals surface area contributed by atoms with Crippen LogP contribution in [0.25, 0.3) is 50.5 Å². The Bertz CT molecular complexity index is 2100. The van der Waals surface area contributed by atoms with Gasteiger partial charge in [-0.3, -0.25) is 9.10 Å². The summed E-state index contributed by atoms with van der Waals surface area (Å²) in [6, 6.07) is 20.4. The lowest BCUT2D eigenvalue weighted by Crippen LogP contribution is -2.25. The Kier molecular flexibility index (Phi) is 6.53. The van der Waals surface area contributed by atoms with E-state index < -0.39 is 10.0 Å². The molecule has 0 spiro atoms. The van der Waals surface area contributed by atoms with Crippen molar-refractivity contribution < 1.29 is 22.0 Å². The number of hydrogen-bond acceptors (Lipinski definition) is 6. The predicted molar refractivity (Wildman–Crippen MR) is 160 cm³/mol. The van der Waals surface area contributed by atoms with Crippen molar-refractivity contribution >= 4 is 38.2 Å². The fraction of sp³-hybridized carbons (Fsp3) is 0.129. The van der Waals surface area contributed by atoms with Crippen LogP contribution in [0.4, 0.5) is 10.1 Å². The van der Waals surface area contributed by atoms with Gasteiger partial charge in [-0.1, -0.05) is 29.8 Å². The maximum absolute atomic E-state index is 13.6. The van der Waals surface area contributed by atoms with Crippen LogP contribution < -0.4 is 9.62 Å². The van der Waals surface area contributed by atoms with E-state index in [2.05, 4.69) is 10.3 Å². The quantitative estimate of drug-likeness (QED) is 0.270. The molecule has 42 heavy (non-hydrogen) atoms. The summed E-state index contributed by atoms with van der Waals surface area (Å²) in [5.74, 6) is -0.345. The molecule has 0 fully saturated rings. The maximum atomic E-state index is 13.6. The second kappa shape index (κ2) is 10.1. The third-order valence-electron chi connectivity index (χ3n) is 7.19. The van der Waals surface area contributed by atoms with Crippen LogP contribution in [0.1, 0.15) is 15.9 Å². The minimum absolute atomic E-state index is 0.313. The molecule has 1 amide bonds. The van der Waals surface area contributed by atoms with Gasteiger partial charge in [0.25, 0.3) is 5.91 Å². The van der Waals surface area contributed by atoms with Gasteiger partial charge in [0.15, 0.2) is 5.65 Å². The minimum Gasteiger partial charge on any atom is -0.455 e. The van der Waals surface area contributed by atoms with Crippen LogP contribution in [0.5, 0.6) is 0 Å². The first kappa shape index (κ1) is 27.2. The van der Waals surface area contributed by atoms with E-state index in [-0.39, 0.29) is 11.7 Å². The second-order valence-corrected chi connectivity index (χ2v) is 12.0. The molecule has 0 saturated heterocycles. The van der Waals surface area contributed by atoms with Crippen LogP contribution >= 0.6 is 0 Å². The third kappa shape index (κ3) is 4.67. The lowest BCUT2D eigenvalue weighted by Gasteiger charge is -2.20. The highest BCUT2D eigenvalue weighted by molar-refractivity contribution is 7.92. The Labute approximate surface area is 241 Å². The lowest BCUT2D eigenvalue weighted by atomic mass is 10.0. The van der Waals surface area contributed by atoms with Crippen molar-refractivity contribution in [2.75, 3.05) is 24.7 Å². The van der Waals surface area contributed by atoms with Crippen molar-refractivity contribution in [2.24, 2.45) is 0 Å². The fourth-order valence-corrected chi connectivity index (χ4v) is 5.38. The zero-order valence-corrected chi connectivity index (χ0v) is 24.0. The van der Waals surface area contributed by atoms with Crippen LogP contribution in [-0.2, 0) is 10.0 Å². The number of aryl methyl sites for hydroxylation is 1. The molecule has 0 atom stereocenters. The van der Waals surface area contributed by atoms with Crippen molar-refractivity contribution in [2.45, 2.75) is 6.92 Å². The number of imidazole rings is 1. The molecule has 0 saturated carbocycles. The van der Waals surface area contributed by atoms with Crippen molar-refractivity contribution in [1.29, 1.82) is 0 Å². The van der Waals surface area contributed by atoms with Gasteiger partial charge >= 0.3 is 0 Å². The Morgan fingerprint density at radius 2 is 1.69 bits per heavy atom. The Morgan fingerprint density at radius 3 is 2.36 bits per heavy atom. The van der Waals surface area contributed by atoms with E-state index in [1.807, 2.05) is 31.2 Å². The monoisotopic (exact) mass is 583 g/mol. The van der Waals surface area contributed by atoms with E-state index in [1.165, 1.54) is 26.2 Å². The number of amides is 1. The van der Waals surface area contributed by atoms with Crippen LogP contribution in [0.2, 0.25) is 0 Å². The van der Waals surface area contributed by atoms with Gasteiger partial charge in [-0.05, 0) is 49.4 Å². The van der Waals surface area contributed by atoms with Gasteiger partial charge < -0.3 is 9.73 Å². The molecule has 6 aromatic rings. The van der Waals surface area contributed by atoms with E-state index in [1.54, 1.807) is 47.1 Å². The highest BCUT2D eigenvalue weighted by Gasteiger charge is 2.26. The Morgan fingerprint density at radius 1 is 1.00 bits per heavy atom. The average molecular weight is 584 g/mol. The first-order valence-electron chi connectivity index (χ1n) is 13.0. The summed E-state index contributed by atoms with van der Waals surface area (Å²) in [4.78, 5) is 17.6. The summed E-state index contributed by atoms with van der Waals surface area (Å²) in [7, 11) is -0.706. The van der Waals surface area contributed by atoms with Crippen molar-refractivity contribution in [3.8, 4) is 33.8 Å². The van der Waals surface area contributed by atoms with E-state index in [4.69, 9.17) is 9.52 Å². The number of nitrogens with zero attached hydrogens (tertiary/aromatic N) is 4. The Balaban J connectivity index is 1.63. The van der Waals surface area contributed by atoms with E-state index in [9.17, 15) is 17.6 Å². The molecule has 6 rings (SSSR count). The highest BCUT2D eigenvalue weighted by atomic mass is 32.2. The number of nitrogens with one attached hydrogen (secondary N) is 1. The molecule has 11 heteroatoms. The van der Waals surface area contributed by atoms with Gasteiger partial charge in [0, 0.05) is 42.2 Å². The maximum Gasteiger partial charge on any atom is 0.255 e. The molecule has 0 unspecified atom stereocenters. The molecule has 0 radical (unpaired) electrons. The molecule has 1 N–H and O–H groups in total. The zero-order valence-electron chi connectivity index (χ0n) is 23.2. The number of hydrogen-bond donors (Lipinski definition) is 1. The van der Waals surface area contributed by atoms with Crippen LogP contribution in [0, 0.1) is 12.7 Å². The van der Waals surface area contributed by atoms with E-state index in [0.717, 1.165) is 16.1 Å². The van der Waals surface area contributed by atoms with Crippen molar-refractivity contribution in [1.82, 2.24) is 19.9 Å². The molecular weight excluding hydrogens is 557 g/mol. The van der Waals surface area contributed by atoms with Gasteiger partial charge in [-0.2, -0.15) is 5.10 Å². The van der Waals surface area contributed by atoms with Crippen LogP contribution in [0.15, 0.2) is 83.4 Å². The largest absolute Gasteiger partial charge is 0.455 e. The number of rotatable bonds is 6. The molecule has 212 valence electrons. The average Bonchev–Trinajstić information content (AvgIpc) is 3.57. The lowest BCUT2D eigenvalue weighted by molar-refractivity contribution is 0.0964. The molecule has 0 aliphatic carbocycles. The SMILES string of the molecule is CNC(=O)c1c(-c2ccc(C)cc2)oc2cc(N(C)S(C)(=O)=O)c(-c3ccc4ncc(-c5ccc(F)cc5)n4n3)cc12. The molecule has 3 aromatic carbocycles. The molecule has 9 nitrogen and oxygen atoms in total. The number of benzene rings is 3. The van der Waals surface area contributed by atoms with Gasteiger partial charge in [0.2, 0.25) is 10.0 Å². The standard InChI is InChI=1S/C31H26FN5O4S/c1-18-5-7-20(8-6-18)30-29(31(38)33-2)23-15-22(25(16-27(23)41-30)36(3)42(4,39)40)24-13-14-28-34-17-26(37(28)35-24)19-9-11-21(32)12-10-19/h5-17H,1-4H3,(H,33,38). The number of furan rings is 1. The molecule has 0 aliphatic rings. The third-order valence-corrected chi connectivity index (χ3v) is 8.38. The highest BCUT2D eigenvalue weighted by Crippen LogP contribution is 2.41. The first-order chi connectivity index (χ1) is 20.0. The minimum atomic E-state index is -3.69. The summed E-state index contributed by atoms with van der Waals surface area (Å²) in [5.41, 5.74) is 5.50. The summed E-state index contributed by atoms with van der Waals surface area (Å²) >= 11 is 0. The summed E-state index contributed by atoms with van der Waals surface area (Å²) in [6.45, 7) is 1.97. The Hall–Kier alpha value is -5.03. The first-order valence-corrected chi connectivity index (χ1v) is 14.8. The molecule has 0 bridgehead atoms. The van der Waals surface area contributed by atoms with E-state index >= 15 is 0 Å². The van der Waals surface area contributed by atoms with Gasteiger partial charge in [0.1, 0.15) is 17.2 Å². The van der Waals surface area contributed by atoms with Crippen molar-refractivity contribution in [3.63, 3.8) is 0 Å². The van der Waals surface area contributed by atoms with Crippen LogP contribution in [-0.4, -0.2) is 49.3 Å². The normalized spacial score (nSPS) is 11.7. The fourth-order valence-electron chi connectivity index (χ4n) is 4.87. The van der Waals surface area contributed by atoms with Gasteiger partial charge in [-0.15, -0.1) is 0 Å². The number of aromatic nitrogens is 3. The number of carbonyl (C=O) groups excluding carboxylic acids is 1. The number of anilines is 1. The number of carbonyl (C=O) groups is 1. The number of halogens is 1. The number of fused-ring (bicyclic) bond motifs is 2. The molecule has 0 aliphatic heterocycles. The van der Waals surface area contributed by atoms with Crippen molar-refractivity contribution in [3.05, 3.63) is 95.9 Å². The summed E-state index contributed by atoms with van der Waals surface area (Å²) < 4.78 is 48.1. The molecule has 3 heterocycles.